The number of hydrogen-bond acceptors (Lipinski definition) is 7. The van der Waals surface area contributed by atoms with Gasteiger partial charge in [-0.05, 0) is 49.1 Å². The summed E-state index contributed by atoms with van der Waals surface area (Å²) in [5, 5.41) is 0.550. The van der Waals surface area contributed by atoms with Crippen LogP contribution in [-0.2, 0) is 16.1 Å². The van der Waals surface area contributed by atoms with E-state index in [9.17, 15) is 14.4 Å². The fraction of sp³-hybridized carbons (Fsp3) is 0.269. The fourth-order valence-electron chi connectivity index (χ4n) is 4.61. The third-order valence-corrected chi connectivity index (χ3v) is 8.44. The molecule has 1 aromatic carbocycles. The summed E-state index contributed by atoms with van der Waals surface area (Å²) in [5.74, 6) is -0.325. The van der Waals surface area contributed by atoms with Crippen LogP contribution in [-0.4, -0.2) is 43.5 Å². The highest BCUT2D eigenvalue weighted by molar-refractivity contribution is 8.26. The van der Waals surface area contributed by atoms with E-state index in [-0.39, 0.29) is 29.8 Å². The predicted octanol–water partition coefficient (Wildman–Crippen LogP) is 3.76. The van der Waals surface area contributed by atoms with Crippen LogP contribution in [0.4, 0.5) is 5.82 Å². The van der Waals surface area contributed by atoms with Crippen molar-refractivity contribution in [2.24, 2.45) is 11.7 Å². The number of hydrogen-bond donors (Lipinski definition) is 1. The van der Waals surface area contributed by atoms with Gasteiger partial charge >= 0.3 is 0 Å². The molecule has 2 aliphatic rings. The molecule has 0 spiro atoms. The molecule has 8 nitrogen and oxygen atoms in total. The van der Waals surface area contributed by atoms with Gasteiger partial charge in [0, 0.05) is 30.2 Å². The Labute approximate surface area is 228 Å². The van der Waals surface area contributed by atoms with Gasteiger partial charge in [-0.1, -0.05) is 59.8 Å². The van der Waals surface area contributed by atoms with Gasteiger partial charge in [-0.15, -0.1) is 0 Å². The number of halogens is 1. The van der Waals surface area contributed by atoms with Crippen molar-refractivity contribution in [1.29, 1.82) is 0 Å². The van der Waals surface area contributed by atoms with Crippen molar-refractivity contribution < 1.29 is 9.59 Å². The number of nitrogens with two attached hydrogens (primary N) is 1. The molecule has 2 aromatic heterocycles. The molecular formula is C26H24ClN5O3S2. The molecular weight excluding hydrogens is 530 g/mol. The number of benzene rings is 1. The van der Waals surface area contributed by atoms with E-state index in [1.807, 2.05) is 36.1 Å². The number of fused-ring (bicyclic) bond motifs is 1. The summed E-state index contributed by atoms with van der Waals surface area (Å²) < 4.78 is 1.88. The quantitative estimate of drug-likeness (QED) is 0.379. The van der Waals surface area contributed by atoms with Crippen molar-refractivity contribution in [2.75, 3.05) is 18.0 Å². The number of thiocarbonyl (C=S) groups is 1. The third kappa shape index (κ3) is 4.88. The summed E-state index contributed by atoms with van der Waals surface area (Å²) >= 11 is 13.0. The Morgan fingerprint density at radius 3 is 2.65 bits per heavy atom. The standard InChI is InChI=1S/C26H24ClN5O3S2/c1-15-5-4-10-31-22(15)29-23(30-11-8-16(9-12-30)21(28)33)18(24(31)34)13-20-25(35)32(26(36)37-20)14-17-6-2-3-7-19(17)27/h2-7,10,13,16H,8-9,11-12,14H2,1H3,(H2,28,33)/b20-13+. The van der Waals surface area contributed by atoms with E-state index >= 15 is 0 Å². The molecule has 2 amide bonds. The number of amides is 2. The first-order valence-electron chi connectivity index (χ1n) is 11.8. The second-order valence-electron chi connectivity index (χ2n) is 9.06. The lowest BCUT2D eigenvalue weighted by Crippen LogP contribution is -2.40. The lowest BCUT2D eigenvalue weighted by atomic mass is 9.96. The van der Waals surface area contributed by atoms with E-state index in [1.165, 1.54) is 9.30 Å². The Kier molecular flexibility index (Phi) is 7.06. The zero-order valence-electron chi connectivity index (χ0n) is 20.0. The zero-order valence-corrected chi connectivity index (χ0v) is 22.4. The van der Waals surface area contributed by atoms with Gasteiger partial charge in [0.25, 0.3) is 11.5 Å². The Morgan fingerprint density at radius 1 is 1.22 bits per heavy atom. The van der Waals surface area contributed by atoms with Crippen LogP contribution in [0.3, 0.4) is 0 Å². The average Bonchev–Trinajstić information content (AvgIpc) is 3.14. The summed E-state index contributed by atoms with van der Waals surface area (Å²) in [6.45, 7) is 3.18. The number of aromatic nitrogens is 2. The Balaban J connectivity index is 1.56. The SMILES string of the molecule is Cc1cccn2c(=O)c(/C=C3/SC(=S)N(Cc4ccccc4Cl)C3=O)c(N3CCC(C(N)=O)CC3)nc12. The molecule has 0 aliphatic carbocycles. The number of thioether (sulfide) groups is 1. The van der Waals surface area contributed by atoms with E-state index in [0.29, 0.717) is 57.2 Å². The minimum Gasteiger partial charge on any atom is -0.369 e. The topological polar surface area (TPSA) is 101 Å². The maximum absolute atomic E-state index is 13.7. The summed E-state index contributed by atoms with van der Waals surface area (Å²) in [7, 11) is 0. The van der Waals surface area contributed by atoms with Gasteiger partial charge in [-0.25, -0.2) is 4.98 Å². The molecule has 0 unspecified atom stereocenters. The van der Waals surface area contributed by atoms with Gasteiger partial charge in [0.15, 0.2) is 0 Å². The van der Waals surface area contributed by atoms with Gasteiger partial charge < -0.3 is 10.6 Å². The first-order valence-corrected chi connectivity index (χ1v) is 13.4. The van der Waals surface area contributed by atoms with Gasteiger partial charge in [0.1, 0.15) is 15.8 Å². The second-order valence-corrected chi connectivity index (χ2v) is 11.1. The Hall–Kier alpha value is -3.21. The molecule has 2 aliphatic heterocycles. The molecule has 2 fully saturated rings. The predicted molar refractivity (Wildman–Crippen MR) is 150 cm³/mol. The van der Waals surface area contributed by atoms with E-state index in [1.54, 1.807) is 24.4 Å². The molecule has 3 aromatic rings. The summed E-state index contributed by atoms with van der Waals surface area (Å²) in [6.07, 6.45) is 4.40. The van der Waals surface area contributed by atoms with Crippen LogP contribution >= 0.6 is 35.6 Å². The van der Waals surface area contributed by atoms with Crippen LogP contribution < -0.4 is 16.2 Å². The normalized spacial score (nSPS) is 17.8. The number of nitrogens with zero attached hydrogens (tertiary/aromatic N) is 4. The zero-order chi connectivity index (χ0) is 26.3. The summed E-state index contributed by atoms with van der Waals surface area (Å²) in [4.78, 5) is 47.4. The number of carbonyl (C=O) groups is 2. The number of piperidine rings is 1. The first kappa shape index (κ1) is 25.4. The molecule has 2 saturated heterocycles. The maximum atomic E-state index is 13.7. The van der Waals surface area contributed by atoms with Crippen LogP contribution in [0.15, 0.2) is 52.3 Å². The molecule has 0 atom stereocenters. The van der Waals surface area contributed by atoms with Crippen LogP contribution in [0.1, 0.15) is 29.5 Å². The number of aryl methyl sites for hydroxylation is 1. The second kappa shape index (κ2) is 10.3. The molecule has 0 saturated carbocycles. The third-order valence-electron chi connectivity index (χ3n) is 6.70. The van der Waals surface area contributed by atoms with Crippen LogP contribution in [0.25, 0.3) is 11.7 Å². The Bertz CT molecular complexity index is 1530. The smallest absolute Gasteiger partial charge is 0.267 e. The summed E-state index contributed by atoms with van der Waals surface area (Å²) in [5.41, 5.74) is 7.71. The molecule has 4 heterocycles. The van der Waals surface area contributed by atoms with E-state index in [4.69, 9.17) is 34.5 Å². The molecule has 5 rings (SSSR count). The van der Waals surface area contributed by atoms with Crippen molar-refractivity contribution in [1.82, 2.24) is 14.3 Å². The molecule has 37 heavy (non-hydrogen) atoms. The fourth-order valence-corrected chi connectivity index (χ4v) is 6.04. The van der Waals surface area contributed by atoms with Crippen molar-refractivity contribution in [2.45, 2.75) is 26.3 Å². The molecule has 0 bridgehead atoms. The minimum atomic E-state index is -0.315. The molecule has 190 valence electrons. The van der Waals surface area contributed by atoms with Crippen LogP contribution in [0, 0.1) is 12.8 Å². The van der Waals surface area contributed by atoms with Gasteiger partial charge in [0.05, 0.1) is 17.0 Å². The highest BCUT2D eigenvalue weighted by Gasteiger charge is 2.34. The van der Waals surface area contributed by atoms with Gasteiger partial charge in [-0.2, -0.15) is 0 Å². The molecule has 2 N–H and O–H groups in total. The molecule has 11 heteroatoms. The average molecular weight is 554 g/mol. The van der Waals surface area contributed by atoms with Crippen molar-refractivity contribution in [3.63, 3.8) is 0 Å². The lowest BCUT2D eigenvalue weighted by Gasteiger charge is -2.32. The maximum Gasteiger partial charge on any atom is 0.267 e. The minimum absolute atomic E-state index is 0.205. The Morgan fingerprint density at radius 2 is 1.95 bits per heavy atom. The van der Waals surface area contributed by atoms with Crippen LogP contribution in [0.2, 0.25) is 5.02 Å². The monoisotopic (exact) mass is 553 g/mol. The van der Waals surface area contributed by atoms with Crippen molar-refractivity contribution in [3.05, 3.63) is 79.6 Å². The number of anilines is 1. The lowest BCUT2D eigenvalue weighted by molar-refractivity contribution is -0.123. The number of primary amides is 1. The highest BCUT2D eigenvalue weighted by atomic mass is 35.5. The highest BCUT2D eigenvalue weighted by Crippen LogP contribution is 2.35. The number of pyridine rings is 1. The molecule has 0 radical (unpaired) electrons. The first-order chi connectivity index (χ1) is 17.7. The van der Waals surface area contributed by atoms with E-state index in [2.05, 4.69) is 0 Å². The number of rotatable bonds is 5. The number of carbonyl (C=O) groups excluding carboxylic acids is 2. The summed E-state index contributed by atoms with van der Waals surface area (Å²) in [6, 6.07) is 11.0. The van der Waals surface area contributed by atoms with Crippen LogP contribution in [0.5, 0.6) is 0 Å². The van der Waals surface area contributed by atoms with E-state index < -0.39 is 0 Å². The van der Waals surface area contributed by atoms with Crippen molar-refractivity contribution >= 4 is 69.3 Å². The van der Waals surface area contributed by atoms with Crippen molar-refractivity contribution in [3.8, 4) is 0 Å². The van der Waals surface area contributed by atoms with Gasteiger partial charge in [-0.3, -0.25) is 23.7 Å². The van der Waals surface area contributed by atoms with E-state index in [0.717, 1.165) is 22.9 Å². The largest absolute Gasteiger partial charge is 0.369 e. The van der Waals surface area contributed by atoms with Gasteiger partial charge in [0.2, 0.25) is 5.91 Å².